The average Bonchev–Trinajstić information content (AvgIpc) is 2.68. The number of non-ortho nitro benzene ring substituents is 1. The summed E-state index contributed by atoms with van der Waals surface area (Å²) in [4.78, 5) is 26.5. The van der Waals surface area contributed by atoms with Gasteiger partial charge in [-0.2, -0.15) is 5.26 Å². The van der Waals surface area contributed by atoms with E-state index < -0.39 is 4.92 Å². The minimum atomic E-state index is -0.466. The second kappa shape index (κ2) is 9.46. The fraction of sp³-hybridized carbons (Fsp3) is 0.300. The molecule has 0 heterocycles. The monoisotopic (exact) mass is 366 g/mol. The highest BCUT2D eigenvalue weighted by atomic mass is 16.6. The highest BCUT2D eigenvalue weighted by molar-refractivity contribution is 5.94. The van der Waals surface area contributed by atoms with E-state index >= 15 is 0 Å². The molecule has 0 saturated carbocycles. The molecule has 7 nitrogen and oxygen atoms in total. The summed E-state index contributed by atoms with van der Waals surface area (Å²) in [5.41, 5.74) is 2.25. The van der Waals surface area contributed by atoms with Gasteiger partial charge in [0, 0.05) is 31.4 Å². The predicted octanol–water partition coefficient (Wildman–Crippen LogP) is 3.34. The number of carbonyl (C=O) groups excluding carboxylic acids is 1. The van der Waals surface area contributed by atoms with Gasteiger partial charge in [-0.25, -0.2) is 0 Å². The highest BCUT2D eigenvalue weighted by Gasteiger charge is 2.16. The Morgan fingerprint density at radius 1 is 1.15 bits per heavy atom. The molecule has 2 rings (SSSR count). The van der Waals surface area contributed by atoms with Gasteiger partial charge in [-0.1, -0.05) is 19.1 Å². The number of anilines is 1. The Balaban J connectivity index is 2.04. The van der Waals surface area contributed by atoms with Gasteiger partial charge < -0.3 is 4.90 Å². The van der Waals surface area contributed by atoms with Gasteiger partial charge in [-0.3, -0.25) is 19.8 Å². The van der Waals surface area contributed by atoms with Crippen LogP contribution in [0.15, 0.2) is 48.5 Å². The van der Waals surface area contributed by atoms with Gasteiger partial charge >= 0.3 is 0 Å². The number of nitro benzene ring substituents is 1. The summed E-state index contributed by atoms with van der Waals surface area (Å²) in [6.07, 6.45) is 0.908. The molecule has 2 aromatic carbocycles. The lowest BCUT2D eigenvalue weighted by Gasteiger charge is -2.25. The summed E-state index contributed by atoms with van der Waals surface area (Å²) in [6, 6.07) is 15.3. The molecule has 27 heavy (non-hydrogen) atoms. The zero-order valence-electron chi connectivity index (χ0n) is 15.5. The van der Waals surface area contributed by atoms with Gasteiger partial charge in [-0.15, -0.1) is 0 Å². The number of nitro groups is 1. The van der Waals surface area contributed by atoms with Gasteiger partial charge in [-0.05, 0) is 42.8 Å². The van der Waals surface area contributed by atoms with Crippen molar-refractivity contribution in [2.24, 2.45) is 0 Å². The predicted molar refractivity (Wildman–Crippen MR) is 103 cm³/mol. The molecule has 0 spiro atoms. The maximum absolute atomic E-state index is 12.6. The lowest BCUT2D eigenvalue weighted by Crippen LogP contribution is -2.38. The SMILES string of the molecule is CCCN(CC(=O)N(C)c1ccc([N+](=O)[O-])cc1)Cc1ccc(C#N)cc1. The second-order valence-electron chi connectivity index (χ2n) is 6.25. The first-order valence-corrected chi connectivity index (χ1v) is 8.67. The molecule has 0 unspecified atom stereocenters. The summed E-state index contributed by atoms with van der Waals surface area (Å²) >= 11 is 0. The quantitative estimate of drug-likeness (QED) is 0.528. The topological polar surface area (TPSA) is 90.5 Å². The summed E-state index contributed by atoms with van der Waals surface area (Å²) in [7, 11) is 1.66. The molecule has 0 aliphatic heterocycles. The number of nitrogens with zero attached hydrogens (tertiary/aromatic N) is 4. The molecule has 0 aliphatic carbocycles. The minimum Gasteiger partial charge on any atom is -0.314 e. The largest absolute Gasteiger partial charge is 0.314 e. The number of nitriles is 1. The lowest BCUT2D eigenvalue weighted by atomic mass is 10.1. The van der Waals surface area contributed by atoms with Crippen molar-refractivity contribution < 1.29 is 9.72 Å². The van der Waals surface area contributed by atoms with E-state index in [0.29, 0.717) is 17.8 Å². The van der Waals surface area contributed by atoms with Crippen molar-refractivity contribution >= 4 is 17.3 Å². The van der Waals surface area contributed by atoms with E-state index in [0.717, 1.165) is 18.5 Å². The smallest absolute Gasteiger partial charge is 0.269 e. The highest BCUT2D eigenvalue weighted by Crippen LogP contribution is 2.19. The van der Waals surface area contributed by atoms with E-state index in [1.807, 2.05) is 17.0 Å². The first-order chi connectivity index (χ1) is 12.9. The molecular formula is C20H22N4O3. The van der Waals surface area contributed by atoms with E-state index in [-0.39, 0.29) is 18.1 Å². The normalized spacial score (nSPS) is 10.4. The zero-order valence-corrected chi connectivity index (χ0v) is 15.5. The molecule has 1 amide bonds. The van der Waals surface area contributed by atoms with Gasteiger partial charge in [0.25, 0.3) is 5.69 Å². The number of hydrogen-bond acceptors (Lipinski definition) is 5. The molecule has 0 N–H and O–H groups in total. The van der Waals surface area contributed by atoms with Crippen LogP contribution in [0.2, 0.25) is 0 Å². The minimum absolute atomic E-state index is 0.00646. The first kappa shape index (κ1) is 20.1. The van der Waals surface area contributed by atoms with E-state index in [1.54, 1.807) is 31.3 Å². The summed E-state index contributed by atoms with van der Waals surface area (Å²) in [5.74, 6) is -0.0917. The Kier molecular flexibility index (Phi) is 7.03. The van der Waals surface area contributed by atoms with Crippen LogP contribution in [0.3, 0.4) is 0 Å². The lowest BCUT2D eigenvalue weighted by molar-refractivity contribution is -0.384. The van der Waals surface area contributed by atoms with Gasteiger partial charge in [0.05, 0.1) is 23.1 Å². The standard InChI is InChI=1S/C20H22N4O3/c1-3-12-23(14-17-6-4-16(13-21)5-7-17)15-20(25)22(2)18-8-10-19(11-9-18)24(26)27/h4-11H,3,12,14-15H2,1-2H3. The van der Waals surface area contributed by atoms with Crippen LogP contribution in [0.25, 0.3) is 0 Å². The summed E-state index contributed by atoms with van der Waals surface area (Å²) < 4.78 is 0. The Labute approximate surface area is 158 Å². The van der Waals surface area contributed by atoms with Gasteiger partial charge in [0.1, 0.15) is 0 Å². The van der Waals surface area contributed by atoms with Gasteiger partial charge in [0.15, 0.2) is 0 Å². The number of carbonyl (C=O) groups is 1. The third kappa shape index (κ3) is 5.62. The van der Waals surface area contributed by atoms with Crippen LogP contribution >= 0.6 is 0 Å². The fourth-order valence-electron chi connectivity index (χ4n) is 2.71. The molecule has 0 saturated heterocycles. The Hall–Kier alpha value is -3.24. The molecule has 0 aromatic heterocycles. The van der Waals surface area contributed by atoms with Crippen LogP contribution in [-0.2, 0) is 11.3 Å². The van der Waals surface area contributed by atoms with Crippen molar-refractivity contribution in [1.82, 2.24) is 4.90 Å². The molecule has 2 aromatic rings. The molecule has 0 aliphatic rings. The van der Waals surface area contributed by atoms with Crippen LogP contribution in [-0.4, -0.2) is 35.9 Å². The van der Waals surface area contributed by atoms with Crippen molar-refractivity contribution in [3.63, 3.8) is 0 Å². The second-order valence-corrected chi connectivity index (χ2v) is 6.25. The molecule has 7 heteroatoms. The number of likely N-dealkylation sites (N-methyl/N-ethyl adjacent to an activating group) is 1. The average molecular weight is 366 g/mol. The van der Waals surface area contributed by atoms with Crippen LogP contribution in [0.1, 0.15) is 24.5 Å². The molecule has 140 valence electrons. The Morgan fingerprint density at radius 3 is 2.30 bits per heavy atom. The van der Waals surface area contributed by atoms with Crippen molar-refractivity contribution in [1.29, 1.82) is 5.26 Å². The van der Waals surface area contributed by atoms with Crippen molar-refractivity contribution in [3.05, 3.63) is 69.8 Å². The fourth-order valence-corrected chi connectivity index (χ4v) is 2.71. The van der Waals surface area contributed by atoms with Crippen LogP contribution in [0.4, 0.5) is 11.4 Å². The van der Waals surface area contributed by atoms with Crippen molar-refractivity contribution in [3.8, 4) is 6.07 Å². The van der Waals surface area contributed by atoms with E-state index in [4.69, 9.17) is 5.26 Å². The zero-order chi connectivity index (χ0) is 19.8. The summed E-state index contributed by atoms with van der Waals surface area (Å²) in [6.45, 7) is 3.66. The maximum Gasteiger partial charge on any atom is 0.269 e. The van der Waals surface area contributed by atoms with E-state index in [1.165, 1.54) is 17.0 Å². The Bertz CT molecular complexity index is 826. The molecule has 0 bridgehead atoms. The van der Waals surface area contributed by atoms with Crippen molar-refractivity contribution in [2.45, 2.75) is 19.9 Å². The molecule has 0 radical (unpaired) electrons. The molecular weight excluding hydrogens is 344 g/mol. The van der Waals surface area contributed by atoms with Crippen LogP contribution in [0, 0.1) is 21.4 Å². The summed E-state index contributed by atoms with van der Waals surface area (Å²) in [5, 5.41) is 19.6. The third-order valence-corrected chi connectivity index (χ3v) is 4.21. The van der Waals surface area contributed by atoms with Crippen molar-refractivity contribution in [2.75, 3.05) is 25.0 Å². The third-order valence-electron chi connectivity index (χ3n) is 4.21. The number of benzene rings is 2. The van der Waals surface area contributed by atoms with Crippen LogP contribution < -0.4 is 4.90 Å². The van der Waals surface area contributed by atoms with Gasteiger partial charge in [0.2, 0.25) is 5.91 Å². The number of hydrogen-bond donors (Lipinski definition) is 0. The molecule has 0 atom stereocenters. The van der Waals surface area contributed by atoms with E-state index in [2.05, 4.69) is 13.0 Å². The van der Waals surface area contributed by atoms with Crippen LogP contribution in [0.5, 0.6) is 0 Å². The first-order valence-electron chi connectivity index (χ1n) is 8.67. The Morgan fingerprint density at radius 2 is 1.78 bits per heavy atom. The number of rotatable bonds is 8. The number of amides is 1. The van der Waals surface area contributed by atoms with E-state index in [9.17, 15) is 14.9 Å². The molecule has 0 fully saturated rings. The maximum atomic E-state index is 12.6.